The molecule has 122 valence electrons. The van der Waals surface area contributed by atoms with Crippen molar-refractivity contribution in [3.05, 3.63) is 56.2 Å². The number of nitrogens with zero attached hydrogens (tertiary/aromatic N) is 1. The molecule has 1 aliphatic heterocycles. The fourth-order valence-electron chi connectivity index (χ4n) is 2.70. The Hall–Kier alpha value is -1.07. The maximum Gasteiger partial charge on any atom is 0.254 e. The van der Waals surface area contributed by atoms with E-state index < -0.39 is 0 Å². The summed E-state index contributed by atoms with van der Waals surface area (Å²) in [4.78, 5) is 15.9. The van der Waals surface area contributed by atoms with Crippen LogP contribution in [0.25, 0.3) is 0 Å². The zero-order valence-electron chi connectivity index (χ0n) is 12.5. The summed E-state index contributed by atoms with van der Waals surface area (Å²) in [5, 5.41) is 2.95. The molecule has 1 aromatic carbocycles. The fourth-order valence-corrected chi connectivity index (χ4v) is 3.95. The van der Waals surface area contributed by atoms with Gasteiger partial charge in [-0.15, -0.1) is 11.3 Å². The standard InChI is InChI=1S/C17H17Cl2NO2S/c18-13-7-12(8-14(19)9-13)17(21)20(10-15-3-1-5-22-15)11-16-4-2-6-23-16/h2,4,6-9,15H,1,3,5,10-11H2. The lowest BCUT2D eigenvalue weighted by Crippen LogP contribution is -2.36. The summed E-state index contributed by atoms with van der Waals surface area (Å²) < 4.78 is 5.69. The molecule has 1 atom stereocenters. The first-order valence-corrected chi connectivity index (χ1v) is 9.15. The molecule has 1 aromatic heterocycles. The Morgan fingerprint density at radius 3 is 2.70 bits per heavy atom. The Labute approximate surface area is 149 Å². The second kappa shape index (κ2) is 7.67. The number of rotatable bonds is 5. The van der Waals surface area contributed by atoms with Crippen molar-refractivity contribution in [3.63, 3.8) is 0 Å². The summed E-state index contributed by atoms with van der Waals surface area (Å²) >= 11 is 13.7. The molecule has 1 fully saturated rings. The third-order valence-corrected chi connectivity index (χ3v) is 5.07. The van der Waals surface area contributed by atoms with Crippen molar-refractivity contribution in [2.45, 2.75) is 25.5 Å². The Balaban J connectivity index is 1.81. The molecule has 6 heteroatoms. The van der Waals surface area contributed by atoms with Crippen LogP contribution < -0.4 is 0 Å². The summed E-state index contributed by atoms with van der Waals surface area (Å²) in [5.41, 5.74) is 0.511. The lowest BCUT2D eigenvalue weighted by atomic mass is 10.1. The largest absolute Gasteiger partial charge is 0.376 e. The Bertz CT molecular complexity index is 649. The SMILES string of the molecule is O=C(c1cc(Cl)cc(Cl)c1)N(Cc1cccs1)CC1CCCO1. The van der Waals surface area contributed by atoms with Gasteiger partial charge in [0.25, 0.3) is 5.91 Å². The normalized spacial score (nSPS) is 17.4. The van der Waals surface area contributed by atoms with E-state index in [0.717, 1.165) is 24.3 Å². The molecule has 1 aliphatic rings. The van der Waals surface area contributed by atoms with Gasteiger partial charge in [-0.25, -0.2) is 0 Å². The van der Waals surface area contributed by atoms with E-state index in [1.54, 1.807) is 29.5 Å². The summed E-state index contributed by atoms with van der Waals surface area (Å²) in [5.74, 6) is -0.0710. The molecule has 0 spiro atoms. The van der Waals surface area contributed by atoms with Crippen molar-refractivity contribution >= 4 is 40.4 Å². The predicted molar refractivity (Wildman–Crippen MR) is 94.5 cm³/mol. The third-order valence-electron chi connectivity index (χ3n) is 3.77. The molecule has 0 saturated carbocycles. The van der Waals surface area contributed by atoms with Gasteiger partial charge in [0.2, 0.25) is 0 Å². The second-order valence-electron chi connectivity index (χ2n) is 5.56. The summed E-state index contributed by atoms with van der Waals surface area (Å²) in [6.45, 7) is 1.93. The van der Waals surface area contributed by atoms with Gasteiger partial charge in [0.15, 0.2) is 0 Å². The first-order chi connectivity index (χ1) is 11.1. The van der Waals surface area contributed by atoms with Crippen LogP contribution in [0.1, 0.15) is 28.1 Å². The van der Waals surface area contributed by atoms with Crippen LogP contribution in [0.5, 0.6) is 0 Å². The molecule has 0 N–H and O–H groups in total. The fraction of sp³-hybridized carbons (Fsp3) is 0.353. The number of carbonyl (C=O) groups is 1. The van der Waals surface area contributed by atoms with E-state index in [0.29, 0.717) is 28.7 Å². The van der Waals surface area contributed by atoms with Crippen LogP contribution in [0.3, 0.4) is 0 Å². The zero-order chi connectivity index (χ0) is 16.2. The maximum atomic E-state index is 12.9. The van der Waals surface area contributed by atoms with Crippen molar-refractivity contribution in [1.82, 2.24) is 4.90 Å². The highest BCUT2D eigenvalue weighted by Gasteiger charge is 2.24. The molecule has 0 radical (unpaired) electrons. The number of thiophene rings is 1. The Morgan fingerprint density at radius 2 is 2.09 bits per heavy atom. The van der Waals surface area contributed by atoms with Crippen molar-refractivity contribution in [1.29, 1.82) is 0 Å². The Morgan fingerprint density at radius 1 is 1.30 bits per heavy atom. The highest BCUT2D eigenvalue weighted by atomic mass is 35.5. The van der Waals surface area contributed by atoms with E-state index in [2.05, 4.69) is 0 Å². The third kappa shape index (κ3) is 4.48. The van der Waals surface area contributed by atoms with E-state index in [1.807, 2.05) is 22.4 Å². The van der Waals surface area contributed by atoms with Gasteiger partial charge in [-0.05, 0) is 42.5 Å². The number of hydrogen-bond donors (Lipinski definition) is 0. The van der Waals surface area contributed by atoms with Crippen molar-refractivity contribution in [2.75, 3.05) is 13.2 Å². The van der Waals surface area contributed by atoms with Crippen LogP contribution in [0, 0.1) is 0 Å². The smallest absolute Gasteiger partial charge is 0.254 e. The average Bonchev–Trinajstić information content (AvgIpc) is 3.18. The molecular formula is C17H17Cl2NO2S. The van der Waals surface area contributed by atoms with Crippen LogP contribution in [-0.4, -0.2) is 30.1 Å². The summed E-state index contributed by atoms with van der Waals surface area (Å²) in [6.07, 6.45) is 2.15. The van der Waals surface area contributed by atoms with Gasteiger partial charge < -0.3 is 9.64 Å². The van der Waals surface area contributed by atoms with Crippen LogP contribution in [0.15, 0.2) is 35.7 Å². The molecule has 0 aliphatic carbocycles. The first kappa shape index (κ1) is 16.8. The van der Waals surface area contributed by atoms with E-state index in [4.69, 9.17) is 27.9 Å². The molecule has 3 nitrogen and oxygen atoms in total. The Kier molecular flexibility index (Phi) is 5.59. The highest BCUT2D eigenvalue weighted by Crippen LogP contribution is 2.23. The second-order valence-corrected chi connectivity index (χ2v) is 7.46. The molecule has 23 heavy (non-hydrogen) atoms. The number of carbonyl (C=O) groups excluding carboxylic acids is 1. The molecule has 0 bridgehead atoms. The average molecular weight is 370 g/mol. The number of ether oxygens (including phenoxy) is 1. The highest BCUT2D eigenvalue weighted by molar-refractivity contribution is 7.09. The number of hydrogen-bond acceptors (Lipinski definition) is 3. The minimum Gasteiger partial charge on any atom is -0.376 e. The van der Waals surface area contributed by atoms with Crippen LogP contribution >= 0.6 is 34.5 Å². The summed E-state index contributed by atoms with van der Waals surface area (Å²) in [7, 11) is 0. The topological polar surface area (TPSA) is 29.5 Å². The molecule has 2 aromatic rings. The molecule has 2 heterocycles. The van der Waals surface area contributed by atoms with Gasteiger partial charge in [0, 0.05) is 33.6 Å². The van der Waals surface area contributed by atoms with Crippen molar-refractivity contribution < 1.29 is 9.53 Å². The quantitative estimate of drug-likeness (QED) is 0.751. The zero-order valence-corrected chi connectivity index (χ0v) is 14.8. The lowest BCUT2D eigenvalue weighted by molar-refractivity contribution is 0.0509. The van der Waals surface area contributed by atoms with Crippen molar-refractivity contribution in [3.8, 4) is 0 Å². The first-order valence-electron chi connectivity index (χ1n) is 7.51. The molecule has 1 saturated heterocycles. The van der Waals surface area contributed by atoms with Crippen LogP contribution in [0.4, 0.5) is 0 Å². The number of amides is 1. The van der Waals surface area contributed by atoms with Gasteiger partial charge in [-0.3, -0.25) is 4.79 Å². The van der Waals surface area contributed by atoms with E-state index >= 15 is 0 Å². The van der Waals surface area contributed by atoms with Gasteiger partial charge in [-0.2, -0.15) is 0 Å². The minimum atomic E-state index is -0.0710. The monoisotopic (exact) mass is 369 g/mol. The summed E-state index contributed by atoms with van der Waals surface area (Å²) in [6, 6.07) is 8.97. The van der Waals surface area contributed by atoms with Gasteiger partial charge >= 0.3 is 0 Å². The number of halogens is 2. The maximum absolute atomic E-state index is 12.9. The van der Waals surface area contributed by atoms with Gasteiger partial charge in [-0.1, -0.05) is 29.3 Å². The predicted octanol–water partition coefficient (Wildman–Crippen LogP) is 4.88. The van der Waals surface area contributed by atoms with Crippen LogP contribution in [-0.2, 0) is 11.3 Å². The lowest BCUT2D eigenvalue weighted by Gasteiger charge is -2.25. The van der Waals surface area contributed by atoms with Gasteiger partial charge in [0.1, 0.15) is 0 Å². The van der Waals surface area contributed by atoms with E-state index in [1.165, 1.54) is 0 Å². The molecule has 1 unspecified atom stereocenters. The van der Waals surface area contributed by atoms with E-state index in [9.17, 15) is 4.79 Å². The van der Waals surface area contributed by atoms with Crippen molar-refractivity contribution in [2.24, 2.45) is 0 Å². The molecule has 1 amide bonds. The number of benzene rings is 1. The van der Waals surface area contributed by atoms with E-state index in [-0.39, 0.29) is 12.0 Å². The van der Waals surface area contributed by atoms with Gasteiger partial charge in [0.05, 0.1) is 12.6 Å². The molecular weight excluding hydrogens is 353 g/mol. The molecule has 3 rings (SSSR count). The minimum absolute atomic E-state index is 0.0710. The van der Waals surface area contributed by atoms with Crippen LogP contribution in [0.2, 0.25) is 10.0 Å².